The summed E-state index contributed by atoms with van der Waals surface area (Å²) >= 11 is 0. The maximum Gasteiger partial charge on any atom is 0.0628 e. The van der Waals surface area contributed by atoms with Gasteiger partial charge in [-0.2, -0.15) is 5.10 Å². The van der Waals surface area contributed by atoms with Crippen molar-refractivity contribution in [3.05, 3.63) is 17.5 Å². The largest absolute Gasteiger partial charge is 0.396 e. The van der Waals surface area contributed by atoms with Gasteiger partial charge in [0.25, 0.3) is 0 Å². The number of piperazine rings is 1. The molecule has 1 aliphatic carbocycles. The topological polar surface area (TPSA) is 55.4 Å². The Labute approximate surface area is 146 Å². The van der Waals surface area contributed by atoms with Crippen LogP contribution in [0.3, 0.4) is 0 Å². The first-order valence-electron chi connectivity index (χ1n) is 9.78. The van der Waals surface area contributed by atoms with Gasteiger partial charge >= 0.3 is 0 Å². The summed E-state index contributed by atoms with van der Waals surface area (Å²) in [5.74, 6) is 0.644. The van der Waals surface area contributed by atoms with Crippen molar-refractivity contribution in [1.29, 1.82) is 0 Å². The zero-order valence-corrected chi connectivity index (χ0v) is 15.4. The Morgan fingerprint density at radius 1 is 1.29 bits per heavy atom. The highest BCUT2D eigenvalue weighted by Gasteiger charge is 2.33. The number of hydrogen-bond acceptors (Lipinski definition) is 4. The number of rotatable bonds is 7. The Hall–Kier alpha value is -0.910. The molecule has 1 saturated heterocycles. The minimum Gasteiger partial charge on any atom is -0.396 e. The van der Waals surface area contributed by atoms with E-state index >= 15 is 0 Å². The summed E-state index contributed by atoms with van der Waals surface area (Å²) in [7, 11) is 0. The number of nitrogens with zero attached hydrogens (tertiary/aromatic N) is 3. The van der Waals surface area contributed by atoms with E-state index in [-0.39, 0.29) is 0 Å². The fourth-order valence-corrected chi connectivity index (χ4v) is 4.45. The van der Waals surface area contributed by atoms with Crippen molar-refractivity contribution in [2.45, 2.75) is 71.0 Å². The molecule has 1 saturated carbocycles. The SMILES string of the molecule is CC(C)Cc1cc(CN2CCN(C3CCCC3)[C@@H](CCO)C2)[nH]n1. The van der Waals surface area contributed by atoms with E-state index in [1.54, 1.807) is 0 Å². The van der Waals surface area contributed by atoms with Gasteiger partial charge in [-0.25, -0.2) is 0 Å². The highest BCUT2D eigenvalue weighted by atomic mass is 16.3. The molecule has 0 unspecified atom stereocenters. The molecule has 3 rings (SSSR count). The summed E-state index contributed by atoms with van der Waals surface area (Å²) in [6.45, 7) is 9.04. The molecule has 0 spiro atoms. The lowest BCUT2D eigenvalue weighted by Crippen LogP contribution is -2.56. The second kappa shape index (κ2) is 8.45. The predicted molar refractivity (Wildman–Crippen MR) is 96.9 cm³/mol. The lowest BCUT2D eigenvalue weighted by atomic mass is 10.0. The molecule has 1 atom stereocenters. The van der Waals surface area contributed by atoms with E-state index in [9.17, 15) is 5.11 Å². The summed E-state index contributed by atoms with van der Waals surface area (Å²) in [4.78, 5) is 5.22. The summed E-state index contributed by atoms with van der Waals surface area (Å²) in [5.41, 5.74) is 2.40. The molecule has 0 radical (unpaired) electrons. The predicted octanol–water partition coefficient (Wildman–Crippen LogP) is 2.42. The van der Waals surface area contributed by atoms with Crippen LogP contribution in [-0.2, 0) is 13.0 Å². The average Bonchev–Trinajstić information content (AvgIpc) is 3.20. The van der Waals surface area contributed by atoms with Crippen LogP contribution in [0.15, 0.2) is 6.07 Å². The number of hydrogen-bond donors (Lipinski definition) is 2. The van der Waals surface area contributed by atoms with Crippen LogP contribution in [0.25, 0.3) is 0 Å². The van der Waals surface area contributed by atoms with Crippen LogP contribution in [0.1, 0.15) is 57.3 Å². The number of aromatic nitrogens is 2. The molecule has 2 heterocycles. The fraction of sp³-hybridized carbons (Fsp3) is 0.842. The molecular weight excluding hydrogens is 300 g/mol. The van der Waals surface area contributed by atoms with Crippen LogP contribution in [0.5, 0.6) is 0 Å². The van der Waals surface area contributed by atoms with E-state index in [1.165, 1.54) is 37.1 Å². The monoisotopic (exact) mass is 334 g/mol. The van der Waals surface area contributed by atoms with Gasteiger partial charge in [0.15, 0.2) is 0 Å². The third kappa shape index (κ3) is 4.58. The van der Waals surface area contributed by atoms with Gasteiger partial charge in [0, 0.05) is 50.6 Å². The highest BCUT2D eigenvalue weighted by Crippen LogP contribution is 2.28. The van der Waals surface area contributed by atoms with Crippen molar-refractivity contribution >= 4 is 0 Å². The Morgan fingerprint density at radius 3 is 2.79 bits per heavy atom. The van der Waals surface area contributed by atoms with E-state index in [1.807, 2.05) is 0 Å². The first kappa shape index (κ1) is 17.9. The van der Waals surface area contributed by atoms with Gasteiger partial charge in [-0.3, -0.25) is 14.9 Å². The molecule has 0 aromatic carbocycles. The second-order valence-electron chi connectivity index (χ2n) is 8.06. The highest BCUT2D eigenvalue weighted by molar-refractivity contribution is 5.09. The van der Waals surface area contributed by atoms with E-state index in [0.717, 1.165) is 45.1 Å². The molecule has 5 heteroatoms. The van der Waals surface area contributed by atoms with E-state index in [4.69, 9.17) is 0 Å². The maximum absolute atomic E-state index is 9.48. The lowest BCUT2D eigenvalue weighted by molar-refractivity contribution is 0.0263. The van der Waals surface area contributed by atoms with Crippen LogP contribution in [0.2, 0.25) is 0 Å². The van der Waals surface area contributed by atoms with Crippen molar-refractivity contribution in [2.24, 2.45) is 5.92 Å². The van der Waals surface area contributed by atoms with Crippen LogP contribution in [-0.4, -0.2) is 63.4 Å². The zero-order valence-electron chi connectivity index (χ0n) is 15.4. The summed E-state index contributed by atoms with van der Waals surface area (Å²) in [6.07, 6.45) is 7.39. The van der Waals surface area contributed by atoms with E-state index in [2.05, 4.69) is 39.9 Å². The minimum atomic E-state index is 0.296. The lowest BCUT2D eigenvalue weighted by Gasteiger charge is -2.44. The van der Waals surface area contributed by atoms with Crippen LogP contribution in [0.4, 0.5) is 0 Å². The van der Waals surface area contributed by atoms with Gasteiger partial charge in [0.1, 0.15) is 0 Å². The van der Waals surface area contributed by atoms with Crippen molar-refractivity contribution in [2.75, 3.05) is 26.2 Å². The van der Waals surface area contributed by atoms with Crippen molar-refractivity contribution in [3.8, 4) is 0 Å². The molecule has 1 aromatic heterocycles. The molecule has 0 amide bonds. The number of H-pyrrole nitrogens is 1. The van der Waals surface area contributed by atoms with E-state index in [0.29, 0.717) is 18.6 Å². The normalized spacial score (nSPS) is 24.2. The molecular formula is C19H34N4O. The first-order valence-corrected chi connectivity index (χ1v) is 9.78. The Bertz CT molecular complexity index is 495. The Morgan fingerprint density at radius 2 is 2.08 bits per heavy atom. The average molecular weight is 335 g/mol. The quantitative estimate of drug-likeness (QED) is 0.804. The van der Waals surface area contributed by atoms with Gasteiger partial charge in [0.2, 0.25) is 0 Å². The van der Waals surface area contributed by atoms with Gasteiger partial charge in [-0.1, -0.05) is 26.7 Å². The molecule has 0 bridgehead atoms. The zero-order chi connectivity index (χ0) is 16.9. The molecule has 2 N–H and O–H groups in total. The van der Waals surface area contributed by atoms with Gasteiger partial charge in [0.05, 0.1) is 5.69 Å². The molecule has 2 aliphatic rings. The Balaban J connectivity index is 1.56. The van der Waals surface area contributed by atoms with Crippen molar-refractivity contribution in [3.63, 3.8) is 0 Å². The minimum absolute atomic E-state index is 0.296. The maximum atomic E-state index is 9.48. The second-order valence-corrected chi connectivity index (χ2v) is 8.06. The third-order valence-corrected chi connectivity index (χ3v) is 5.56. The summed E-state index contributed by atoms with van der Waals surface area (Å²) in [5, 5.41) is 17.2. The molecule has 24 heavy (non-hydrogen) atoms. The standard InChI is InChI=1S/C19H34N4O/c1-15(2)11-16-12-17(21-20-16)13-22-8-9-23(18-5-3-4-6-18)19(14-22)7-10-24/h12,15,18-19,24H,3-11,13-14H2,1-2H3,(H,20,21)/t19-/m0/s1. The van der Waals surface area contributed by atoms with Gasteiger partial charge < -0.3 is 5.11 Å². The van der Waals surface area contributed by atoms with Crippen LogP contribution in [0, 0.1) is 5.92 Å². The number of aromatic amines is 1. The number of aliphatic hydroxyl groups is 1. The molecule has 2 fully saturated rings. The van der Waals surface area contributed by atoms with E-state index < -0.39 is 0 Å². The first-order chi connectivity index (χ1) is 11.7. The fourth-order valence-electron chi connectivity index (χ4n) is 4.45. The summed E-state index contributed by atoms with van der Waals surface area (Å²) in [6, 6.07) is 3.49. The molecule has 5 nitrogen and oxygen atoms in total. The molecule has 1 aromatic rings. The van der Waals surface area contributed by atoms with Crippen LogP contribution < -0.4 is 0 Å². The van der Waals surface area contributed by atoms with Crippen molar-refractivity contribution < 1.29 is 5.11 Å². The van der Waals surface area contributed by atoms with Gasteiger partial charge in [-0.05, 0) is 37.7 Å². The number of nitrogens with one attached hydrogen (secondary N) is 1. The summed E-state index contributed by atoms with van der Waals surface area (Å²) < 4.78 is 0. The molecule has 136 valence electrons. The number of aliphatic hydroxyl groups excluding tert-OH is 1. The van der Waals surface area contributed by atoms with Gasteiger partial charge in [-0.15, -0.1) is 0 Å². The van der Waals surface area contributed by atoms with Crippen LogP contribution >= 0.6 is 0 Å². The molecule has 1 aliphatic heterocycles. The third-order valence-electron chi connectivity index (χ3n) is 5.56. The Kier molecular flexibility index (Phi) is 6.31. The smallest absolute Gasteiger partial charge is 0.0628 e. The van der Waals surface area contributed by atoms with Crippen molar-refractivity contribution in [1.82, 2.24) is 20.0 Å².